The number of aliphatic imine (C=N–C) groups is 1. The lowest BCUT2D eigenvalue weighted by atomic mass is 10.4. The average Bonchev–Trinajstić information content (AvgIpc) is 1.58. The minimum Gasteiger partial charge on any atom is -0.370 e. The van der Waals surface area contributed by atoms with Crippen LogP contribution in [0.5, 0.6) is 0 Å². The Morgan fingerprint density at radius 3 is 2.30 bits per heavy atom. The van der Waals surface area contributed by atoms with Crippen LogP contribution >= 0.6 is 12.2 Å². The SMILES string of the molecule is CC(C)NC(=S)N=C(N)N. The number of hydrogen-bond acceptors (Lipinski definition) is 1. The molecular weight excluding hydrogens is 148 g/mol. The maximum absolute atomic E-state index is 5.07. The Kier molecular flexibility index (Phi) is 3.71. The van der Waals surface area contributed by atoms with Gasteiger partial charge in [0.25, 0.3) is 0 Å². The van der Waals surface area contributed by atoms with Gasteiger partial charge in [0.15, 0.2) is 11.1 Å². The molecule has 58 valence electrons. The van der Waals surface area contributed by atoms with Crippen LogP contribution in [0.25, 0.3) is 0 Å². The van der Waals surface area contributed by atoms with Gasteiger partial charge in [-0.05, 0) is 26.1 Å². The first-order valence-electron chi connectivity index (χ1n) is 2.92. The Balaban J connectivity index is 3.76. The molecule has 0 aromatic carbocycles. The molecule has 0 spiro atoms. The van der Waals surface area contributed by atoms with Crippen molar-refractivity contribution in [3.63, 3.8) is 0 Å². The molecule has 0 bridgehead atoms. The Hall–Kier alpha value is -0.840. The number of hydrogen-bond donors (Lipinski definition) is 3. The van der Waals surface area contributed by atoms with Gasteiger partial charge in [-0.3, -0.25) is 0 Å². The number of nitrogens with one attached hydrogen (secondary N) is 1. The molecular formula is C5H12N4S. The van der Waals surface area contributed by atoms with Crippen LogP contribution in [0.3, 0.4) is 0 Å². The van der Waals surface area contributed by atoms with Gasteiger partial charge >= 0.3 is 0 Å². The normalized spacial score (nSPS) is 9.10. The lowest BCUT2D eigenvalue weighted by Gasteiger charge is -2.05. The predicted octanol–water partition coefficient (Wildman–Crippen LogP) is -0.457. The summed E-state index contributed by atoms with van der Waals surface area (Å²) in [5.41, 5.74) is 10.1. The third kappa shape index (κ3) is 5.30. The van der Waals surface area contributed by atoms with Gasteiger partial charge in [-0.1, -0.05) is 0 Å². The van der Waals surface area contributed by atoms with Crippen LogP contribution in [0.1, 0.15) is 13.8 Å². The van der Waals surface area contributed by atoms with Crippen molar-refractivity contribution in [1.82, 2.24) is 5.32 Å². The Morgan fingerprint density at radius 2 is 2.00 bits per heavy atom. The molecule has 0 saturated heterocycles. The third-order valence-corrected chi connectivity index (χ3v) is 0.852. The van der Waals surface area contributed by atoms with Gasteiger partial charge in [0.1, 0.15) is 0 Å². The van der Waals surface area contributed by atoms with Gasteiger partial charge in [0, 0.05) is 6.04 Å². The van der Waals surface area contributed by atoms with Crippen molar-refractivity contribution >= 4 is 23.3 Å². The molecule has 0 aliphatic rings. The van der Waals surface area contributed by atoms with Crippen molar-refractivity contribution in [3.8, 4) is 0 Å². The second-order valence-electron chi connectivity index (χ2n) is 2.14. The van der Waals surface area contributed by atoms with E-state index >= 15 is 0 Å². The van der Waals surface area contributed by atoms with E-state index in [0.29, 0.717) is 5.11 Å². The molecule has 0 aliphatic heterocycles. The van der Waals surface area contributed by atoms with Gasteiger partial charge in [-0.15, -0.1) is 0 Å². The molecule has 0 aliphatic carbocycles. The summed E-state index contributed by atoms with van der Waals surface area (Å²) in [6.45, 7) is 3.91. The van der Waals surface area contributed by atoms with Crippen molar-refractivity contribution in [2.75, 3.05) is 0 Å². The third-order valence-electron chi connectivity index (χ3n) is 0.643. The van der Waals surface area contributed by atoms with E-state index in [2.05, 4.69) is 10.3 Å². The number of rotatable bonds is 1. The second-order valence-corrected chi connectivity index (χ2v) is 2.53. The van der Waals surface area contributed by atoms with Gasteiger partial charge in [-0.25, -0.2) is 0 Å². The van der Waals surface area contributed by atoms with Crippen molar-refractivity contribution in [2.24, 2.45) is 16.5 Å². The zero-order valence-electron chi connectivity index (χ0n) is 6.09. The van der Waals surface area contributed by atoms with Crippen LogP contribution in [0, 0.1) is 0 Å². The van der Waals surface area contributed by atoms with Crippen LogP contribution in [-0.4, -0.2) is 17.1 Å². The van der Waals surface area contributed by atoms with Gasteiger partial charge in [-0.2, -0.15) is 4.99 Å². The topological polar surface area (TPSA) is 76.4 Å². The van der Waals surface area contributed by atoms with Crippen LogP contribution in [0.2, 0.25) is 0 Å². The van der Waals surface area contributed by atoms with Crippen molar-refractivity contribution in [3.05, 3.63) is 0 Å². The molecule has 0 atom stereocenters. The molecule has 5 heteroatoms. The number of nitrogens with two attached hydrogens (primary N) is 2. The molecule has 0 amide bonds. The monoisotopic (exact) mass is 160 g/mol. The number of guanidine groups is 1. The average molecular weight is 160 g/mol. The van der Waals surface area contributed by atoms with Crippen LogP contribution in [0.4, 0.5) is 0 Å². The maximum Gasteiger partial charge on any atom is 0.196 e. The fraction of sp³-hybridized carbons (Fsp3) is 0.600. The second kappa shape index (κ2) is 4.05. The van der Waals surface area contributed by atoms with E-state index in [9.17, 15) is 0 Å². The van der Waals surface area contributed by atoms with Crippen LogP contribution in [0.15, 0.2) is 4.99 Å². The fourth-order valence-corrected chi connectivity index (χ4v) is 0.738. The lowest BCUT2D eigenvalue weighted by Crippen LogP contribution is -2.31. The standard InChI is InChI=1S/C5H12N4S/c1-3(2)8-5(10)9-4(6)7/h3H,1-2H3,(H5,6,7,8,9,10). The fourth-order valence-electron chi connectivity index (χ4n) is 0.396. The molecule has 0 radical (unpaired) electrons. The highest BCUT2D eigenvalue weighted by Gasteiger charge is 1.94. The minimum atomic E-state index is -0.0156. The molecule has 10 heavy (non-hydrogen) atoms. The van der Waals surface area contributed by atoms with E-state index in [-0.39, 0.29) is 12.0 Å². The maximum atomic E-state index is 5.07. The summed E-state index contributed by atoms with van der Waals surface area (Å²) in [5, 5.41) is 3.19. The highest BCUT2D eigenvalue weighted by Crippen LogP contribution is 1.79. The molecule has 0 saturated carbocycles. The summed E-state index contributed by atoms with van der Waals surface area (Å²) in [4.78, 5) is 3.61. The quantitative estimate of drug-likeness (QED) is 0.276. The predicted molar refractivity (Wildman–Crippen MR) is 46.7 cm³/mol. The van der Waals surface area contributed by atoms with Gasteiger partial charge in [0.05, 0.1) is 0 Å². The molecule has 0 aromatic heterocycles. The first-order chi connectivity index (χ1) is 4.52. The van der Waals surface area contributed by atoms with Gasteiger partial charge in [0.2, 0.25) is 0 Å². The van der Waals surface area contributed by atoms with Crippen LogP contribution < -0.4 is 16.8 Å². The smallest absolute Gasteiger partial charge is 0.196 e. The molecule has 0 rings (SSSR count). The van der Waals surface area contributed by atoms with Crippen molar-refractivity contribution in [1.29, 1.82) is 0 Å². The van der Waals surface area contributed by atoms with E-state index in [0.717, 1.165) is 0 Å². The van der Waals surface area contributed by atoms with Crippen LogP contribution in [-0.2, 0) is 0 Å². The zero-order valence-corrected chi connectivity index (χ0v) is 6.90. The molecule has 0 unspecified atom stereocenters. The highest BCUT2D eigenvalue weighted by atomic mass is 32.1. The summed E-state index contributed by atoms with van der Waals surface area (Å²) in [7, 11) is 0. The number of thiocarbonyl (C=S) groups is 1. The molecule has 5 N–H and O–H groups in total. The number of nitrogens with zero attached hydrogens (tertiary/aromatic N) is 1. The summed E-state index contributed by atoms with van der Waals surface area (Å²) in [6, 6.07) is 0.260. The lowest BCUT2D eigenvalue weighted by molar-refractivity contribution is 0.736. The molecule has 0 fully saturated rings. The highest BCUT2D eigenvalue weighted by molar-refractivity contribution is 7.80. The largest absolute Gasteiger partial charge is 0.370 e. The minimum absolute atomic E-state index is 0.0156. The van der Waals surface area contributed by atoms with Crippen molar-refractivity contribution < 1.29 is 0 Å². The molecule has 0 heterocycles. The van der Waals surface area contributed by atoms with Crippen molar-refractivity contribution in [2.45, 2.75) is 19.9 Å². The zero-order chi connectivity index (χ0) is 8.15. The summed E-state index contributed by atoms with van der Waals surface area (Å²) in [6.07, 6.45) is 0. The van der Waals surface area contributed by atoms with E-state index in [1.165, 1.54) is 0 Å². The molecule has 0 aromatic rings. The Labute approximate surface area is 65.7 Å². The Bertz CT molecular complexity index is 148. The Morgan fingerprint density at radius 1 is 1.50 bits per heavy atom. The first-order valence-corrected chi connectivity index (χ1v) is 3.33. The summed E-state index contributed by atoms with van der Waals surface area (Å²) in [5.74, 6) is -0.0156. The van der Waals surface area contributed by atoms with E-state index in [1.807, 2.05) is 13.8 Å². The van der Waals surface area contributed by atoms with E-state index in [4.69, 9.17) is 23.7 Å². The van der Waals surface area contributed by atoms with E-state index in [1.54, 1.807) is 0 Å². The van der Waals surface area contributed by atoms with Gasteiger partial charge < -0.3 is 16.8 Å². The summed E-state index contributed by atoms with van der Waals surface area (Å²) < 4.78 is 0. The first kappa shape index (κ1) is 9.16. The molecule has 4 nitrogen and oxygen atoms in total. The summed E-state index contributed by atoms with van der Waals surface area (Å²) >= 11 is 4.75. The van der Waals surface area contributed by atoms with E-state index < -0.39 is 0 Å².